The molecule has 2 nitrogen and oxygen atoms in total. The van der Waals surface area contributed by atoms with Crippen molar-refractivity contribution in [3.63, 3.8) is 0 Å². The maximum atomic E-state index is 5.01. The molecule has 0 atom stereocenters. The predicted molar refractivity (Wildman–Crippen MR) is 104 cm³/mol. The highest BCUT2D eigenvalue weighted by molar-refractivity contribution is 4.51. The van der Waals surface area contributed by atoms with Gasteiger partial charge in [0.25, 0.3) is 0 Å². The zero-order valence-corrected chi connectivity index (χ0v) is 16.3. The van der Waals surface area contributed by atoms with E-state index in [4.69, 9.17) is 4.74 Å². The number of methoxy groups -OCH3 is 1. The normalized spacial score (nSPS) is 11.2. The molecule has 0 aliphatic heterocycles. The highest BCUT2D eigenvalue weighted by Gasteiger charge is 1.94. The van der Waals surface area contributed by atoms with E-state index >= 15 is 0 Å². The van der Waals surface area contributed by atoms with Crippen molar-refractivity contribution in [2.75, 3.05) is 26.8 Å². The Balaban J connectivity index is 2.92. The Morgan fingerprint density at radius 1 is 0.522 bits per heavy atom. The van der Waals surface area contributed by atoms with E-state index in [1.165, 1.54) is 103 Å². The number of rotatable bonds is 20. The third kappa shape index (κ3) is 21.9. The van der Waals surface area contributed by atoms with Gasteiger partial charge in [0.15, 0.2) is 0 Å². The fourth-order valence-electron chi connectivity index (χ4n) is 3.10. The van der Waals surface area contributed by atoms with E-state index in [1.807, 2.05) is 0 Å². The van der Waals surface area contributed by atoms with E-state index in [0.29, 0.717) is 0 Å². The maximum Gasteiger partial charge on any atom is 0.0587 e. The molecule has 0 saturated heterocycles. The largest absolute Gasteiger partial charge is 0.383 e. The Labute approximate surface area is 147 Å². The summed E-state index contributed by atoms with van der Waals surface area (Å²) < 4.78 is 5.01. The predicted octanol–water partition coefficient (Wildman–Crippen LogP) is 6.48. The van der Waals surface area contributed by atoms with Gasteiger partial charge < -0.3 is 10.1 Å². The lowest BCUT2D eigenvalue weighted by molar-refractivity contribution is 0.199. The number of nitrogens with one attached hydrogen (secondary N) is 1. The summed E-state index contributed by atoms with van der Waals surface area (Å²) in [6.45, 7) is 5.28. The quantitative estimate of drug-likeness (QED) is 0.258. The molecule has 140 valence electrons. The van der Waals surface area contributed by atoms with Gasteiger partial charge in [-0.25, -0.2) is 0 Å². The van der Waals surface area contributed by atoms with Crippen LogP contribution in [0.25, 0.3) is 0 Å². The Bertz CT molecular complexity index is 176. The van der Waals surface area contributed by atoms with Gasteiger partial charge in [-0.2, -0.15) is 0 Å². The molecule has 0 bridgehead atoms. The maximum absolute atomic E-state index is 5.01. The Hall–Kier alpha value is -0.0800. The average molecular weight is 328 g/mol. The summed E-state index contributed by atoms with van der Waals surface area (Å²) in [6.07, 6.45) is 23.0. The lowest BCUT2D eigenvalue weighted by Crippen LogP contribution is -2.20. The fourth-order valence-corrected chi connectivity index (χ4v) is 3.10. The van der Waals surface area contributed by atoms with Crippen LogP contribution >= 0.6 is 0 Å². The summed E-state index contributed by atoms with van der Waals surface area (Å²) >= 11 is 0. The van der Waals surface area contributed by atoms with Crippen molar-refractivity contribution in [2.45, 2.75) is 110 Å². The topological polar surface area (TPSA) is 21.3 Å². The van der Waals surface area contributed by atoms with Crippen molar-refractivity contribution in [2.24, 2.45) is 0 Å². The molecule has 0 aromatic heterocycles. The number of hydrogen-bond acceptors (Lipinski definition) is 2. The molecule has 0 aliphatic carbocycles. The van der Waals surface area contributed by atoms with E-state index in [0.717, 1.165) is 19.7 Å². The van der Waals surface area contributed by atoms with Crippen molar-refractivity contribution in [1.82, 2.24) is 5.32 Å². The Morgan fingerprint density at radius 2 is 0.913 bits per heavy atom. The van der Waals surface area contributed by atoms with E-state index < -0.39 is 0 Å². The van der Waals surface area contributed by atoms with E-state index in [9.17, 15) is 0 Å². The fraction of sp³-hybridized carbons (Fsp3) is 1.00. The van der Waals surface area contributed by atoms with Gasteiger partial charge in [-0.15, -0.1) is 0 Å². The molecule has 0 fully saturated rings. The molecular weight excluding hydrogens is 282 g/mol. The first-order valence-corrected chi connectivity index (χ1v) is 10.6. The summed E-state index contributed by atoms with van der Waals surface area (Å²) in [7, 11) is 1.76. The van der Waals surface area contributed by atoms with E-state index in [-0.39, 0.29) is 0 Å². The van der Waals surface area contributed by atoms with Gasteiger partial charge in [-0.1, -0.05) is 103 Å². The molecule has 0 aliphatic rings. The molecular formula is C21H45NO. The van der Waals surface area contributed by atoms with Crippen LogP contribution in [-0.4, -0.2) is 26.8 Å². The molecule has 2 heteroatoms. The van der Waals surface area contributed by atoms with E-state index in [2.05, 4.69) is 12.2 Å². The van der Waals surface area contributed by atoms with Crippen LogP contribution in [0.1, 0.15) is 110 Å². The van der Waals surface area contributed by atoms with Crippen molar-refractivity contribution in [1.29, 1.82) is 0 Å². The van der Waals surface area contributed by atoms with Gasteiger partial charge in [0.2, 0.25) is 0 Å². The summed E-state index contributed by atoms with van der Waals surface area (Å²) in [5, 5.41) is 3.41. The Kier molecular flexibility index (Phi) is 21.8. The van der Waals surface area contributed by atoms with Gasteiger partial charge >= 0.3 is 0 Å². The zero-order valence-electron chi connectivity index (χ0n) is 16.3. The minimum atomic E-state index is 0.832. The highest BCUT2D eigenvalue weighted by Crippen LogP contribution is 2.13. The number of unbranched alkanes of at least 4 members (excludes halogenated alkanes) is 15. The second-order valence-corrected chi connectivity index (χ2v) is 7.05. The van der Waals surface area contributed by atoms with Crippen molar-refractivity contribution < 1.29 is 4.74 Å². The molecule has 23 heavy (non-hydrogen) atoms. The van der Waals surface area contributed by atoms with Crippen LogP contribution in [0.2, 0.25) is 0 Å². The van der Waals surface area contributed by atoms with Crippen LogP contribution in [-0.2, 0) is 4.74 Å². The second kappa shape index (κ2) is 21.9. The van der Waals surface area contributed by atoms with Crippen LogP contribution in [0.15, 0.2) is 0 Å². The van der Waals surface area contributed by atoms with Crippen molar-refractivity contribution in [3.8, 4) is 0 Å². The third-order valence-electron chi connectivity index (χ3n) is 4.69. The van der Waals surface area contributed by atoms with E-state index in [1.54, 1.807) is 7.11 Å². The second-order valence-electron chi connectivity index (χ2n) is 7.05. The molecule has 0 saturated carbocycles. The summed E-state index contributed by atoms with van der Waals surface area (Å²) in [5.41, 5.74) is 0. The molecule has 0 aromatic rings. The number of ether oxygens (including phenoxy) is 1. The molecule has 0 spiro atoms. The van der Waals surface area contributed by atoms with Crippen LogP contribution < -0.4 is 5.32 Å². The molecule has 0 heterocycles. The lowest BCUT2D eigenvalue weighted by Gasteiger charge is -2.04. The van der Waals surface area contributed by atoms with Crippen molar-refractivity contribution >= 4 is 0 Å². The number of hydrogen-bond donors (Lipinski definition) is 1. The van der Waals surface area contributed by atoms with Gasteiger partial charge in [0, 0.05) is 13.7 Å². The average Bonchev–Trinajstić information content (AvgIpc) is 2.57. The first-order valence-electron chi connectivity index (χ1n) is 10.6. The molecule has 0 unspecified atom stereocenters. The van der Waals surface area contributed by atoms with Gasteiger partial charge in [-0.3, -0.25) is 0 Å². The molecule has 0 rings (SSSR count). The lowest BCUT2D eigenvalue weighted by atomic mass is 10.0. The van der Waals surface area contributed by atoms with Crippen LogP contribution in [0, 0.1) is 0 Å². The first-order chi connectivity index (χ1) is 11.4. The SMILES string of the molecule is CCCCCCCCCCCCCCCCCCNCCOC. The first kappa shape index (κ1) is 22.9. The third-order valence-corrected chi connectivity index (χ3v) is 4.69. The summed E-state index contributed by atoms with van der Waals surface area (Å²) in [5.74, 6) is 0. The minimum Gasteiger partial charge on any atom is -0.383 e. The van der Waals surface area contributed by atoms with Gasteiger partial charge in [-0.05, 0) is 13.0 Å². The molecule has 1 N–H and O–H groups in total. The zero-order chi connectivity index (χ0) is 16.8. The molecule has 0 radical (unpaired) electrons. The van der Waals surface area contributed by atoms with Crippen LogP contribution in [0.4, 0.5) is 0 Å². The molecule has 0 amide bonds. The highest BCUT2D eigenvalue weighted by atomic mass is 16.5. The smallest absolute Gasteiger partial charge is 0.0587 e. The minimum absolute atomic E-state index is 0.832. The van der Waals surface area contributed by atoms with Crippen molar-refractivity contribution in [3.05, 3.63) is 0 Å². The monoisotopic (exact) mass is 327 g/mol. The summed E-state index contributed by atoms with van der Waals surface area (Å²) in [4.78, 5) is 0. The summed E-state index contributed by atoms with van der Waals surface area (Å²) in [6, 6.07) is 0. The van der Waals surface area contributed by atoms with Gasteiger partial charge in [0.05, 0.1) is 6.61 Å². The Morgan fingerprint density at radius 3 is 1.30 bits per heavy atom. The molecule has 0 aromatic carbocycles. The van der Waals surface area contributed by atoms with Crippen LogP contribution in [0.3, 0.4) is 0 Å². The van der Waals surface area contributed by atoms with Crippen LogP contribution in [0.5, 0.6) is 0 Å². The standard InChI is InChI=1S/C21H45NO/c1-3-4-5-6-7-8-9-10-11-12-13-14-15-16-17-18-19-22-20-21-23-2/h22H,3-21H2,1-2H3. The van der Waals surface area contributed by atoms with Gasteiger partial charge in [0.1, 0.15) is 0 Å².